The van der Waals surface area contributed by atoms with Crippen molar-refractivity contribution in [1.29, 1.82) is 0 Å². The van der Waals surface area contributed by atoms with Gasteiger partial charge in [-0.1, -0.05) is 39.3 Å². The number of fused-ring (bicyclic) bond motifs is 5. The quantitative estimate of drug-likeness (QED) is 0.0379. The number of rotatable bonds is 21. The molecule has 4 aliphatic carbocycles. The van der Waals surface area contributed by atoms with Crippen molar-refractivity contribution in [2.45, 2.75) is 309 Å². The number of allylic oxidation sites excluding steroid dienone is 2. The highest BCUT2D eigenvalue weighted by Crippen LogP contribution is 2.67. The second kappa shape index (κ2) is 30.1. The molecule has 10 rings (SSSR count). The predicted octanol–water partition coefficient (Wildman–Crippen LogP) is -4.85. The Morgan fingerprint density at radius 1 is 0.573 bits per heavy atom. The van der Waals surface area contributed by atoms with Gasteiger partial charge in [0.15, 0.2) is 37.7 Å². The Morgan fingerprint density at radius 3 is 1.64 bits per heavy atom. The number of ether oxygens (including phenoxy) is 12. The summed E-state index contributed by atoms with van der Waals surface area (Å²) in [5.41, 5.74) is -1.36. The summed E-state index contributed by atoms with van der Waals surface area (Å²) < 4.78 is 112. The Bertz CT molecular complexity index is 2750. The lowest BCUT2D eigenvalue weighted by atomic mass is 9.47. The minimum atomic E-state index is -4.92. The molecule has 10 aliphatic rings. The van der Waals surface area contributed by atoms with Crippen molar-refractivity contribution in [2.75, 3.05) is 19.8 Å². The summed E-state index contributed by atoms with van der Waals surface area (Å²) in [6.45, 7) is 11.4. The molecule has 0 amide bonds. The van der Waals surface area contributed by atoms with E-state index in [4.69, 9.17) is 61.0 Å². The fourth-order valence-corrected chi connectivity index (χ4v) is 17.8. The van der Waals surface area contributed by atoms with Gasteiger partial charge >= 0.3 is 10.4 Å². The molecule has 6 saturated heterocycles. The van der Waals surface area contributed by atoms with Crippen LogP contribution in [0, 0.1) is 40.4 Å². The summed E-state index contributed by atoms with van der Waals surface area (Å²) in [6, 6.07) is 0. The van der Waals surface area contributed by atoms with Crippen molar-refractivity contribution in [2.24, 2.45) is 40.4 Å². The lowest BCUT2D eigenvalue weighted by Gasteiger charge is -2.60. The maximum atomic E-state index is 13.3. The number of aliphatic hydroxyl groups is 16. The average molecular weight is 1410 g/mol. The molecule has 0 bridgehead atoms. The van der Waals surface area contributed by atoms with Crippen LogP contribution in [0.5, 0.6) is 0 Å². The summed E-state index contributed by atoms with van der Waals surface area (Å²) >= 11 is 0. The lowest BCUT2D eigenvalue weighted by Crippen LogP contribution is -2.67. The van der Waals surface area contributed by atoms with Crippen LogP contribution in [0.25, 0.3) is 0 Å². The molecular weight excluding hydrogens is 1300 g/mol. The average Bonchev–Trinajstić information content (AvgIpc) is 1.29. The van der Waals surface area contributed by atoms with E-state index in [-0.39, 0.29) is 48.7 Å². The van der Waals surface area contributed by atoms with E-state index in [0.29, 0.717) is 38.5 Å². The fraction of sp³-hybridized carbons (Fsp3) is 0.952. The van der Waals surface area contributed by atoms with Gasteiger partial charge in [0.25, 0.3) is 0 Å². The Hall–Kier alpha value is -1.84. The summed E-state index contributed by atoms with van der Waals surface area (Å²) in [5.74, 6) is -0.947. The van der Waals surface area contributed by atoms with Crippen molar-refractivity contribution in [1.82, 2.24) is 0 Å². The van der Waals surface area contributed by atoms with E-state index in [1.807, 2.05) is 13.8 Å². The molecule has 0 aromatic heterocycles. The minimum absolute atomic E-state index is 0.00878. The van der Waals surface area contributed by atoms with E-state index in [1.165, 1.54) is 20.8 Å². The van der Waals surface area contributed by atoms with Gasteiger partial charge in [-0.25, -0.2) is 4.18 Å². The Balaban J connectivity index is 0.903. The molecule has 9 fully saturated rings. The molecule has 0 aromatic rings. The van der Waals surface area contributed by atoms with E-state index in [1.54, 1.807) is 6.92 Å². The zero-order chi connectivity index (χ0) is 70.3. The third kappa shape index (κ3) is 15.2. The Labute approximate surface area is 555 Å². The summed E-state index contributed by atoms with van der Waals surface area (Å²) in [7, 11) is -4.92. The number of hydrogen-bond donors (Lipinski definition) is 17. The number of carbonyl (C=O) groups is 1. The molecule has 38 atom stereocenters. The van der Waals surface area contributed by atoms with Crippen LogP contribution in [0.3, 0.4) is 0 Å². The highest BCUT2D eigenvalue weighted by atomic mass is 32.3. The maximum absolute atomic E-state index is 13.3. The molecule has 6 heterocycles. The van der Waals surface area contributed by atoms with Gasteiger partial charge in [-0.05, 0) is 113 Å². The van der Waals surface area contributed by atoms with Gasteiger partial charge in [-0.15, -0.1) is 0 Å². The lowest BCUT2D eigenvalue weighted by molar-refractivity contribution is -0.402. The van der Waals surface area contributed by atoms with E-state index in [9.17, 15) is 99.5 Å². The highest BCUT2D eigenvalue weighted by molar-refractivity contribution is 7.80. The number of Topliss-reactive ketones (excluding diaryl/α,β-unsaturated/α-hetero) is 1. The molecule has 0 aromatic carbocycles. The molecule has 33 nitrogen and oxygen atoms in total. The molecular formula is C62H102O33S. The van der Waals surface area contributed by atoms with Crippen molar-refractivity contribution in [3.63, 3.8) is 0 Å². The first-order valence-corrected chi connectivity index (χ1v) is 34.8. The smallest absolute Gasteiger partial charge is 0.394 e. The number of hydrogen-bond acceptors (Lipinski definition) is 32. The van der Waals surface area contributed by atoms with E-state index >= 15 is 0 Å². The van der Waals surface area contributed by atoms with Gasteiger partial charge in [0.05, 0.1) is 55.9 Å². The van der Waals surface area contributed by atoms with Gasteiger partial charge in [-0.3, -0.25) is 9.35 Å². The minimum Gasteiger partial charge on any atom is -0.394 e. The van der Waals surface area contributed by atoms with Crippen LogP contribution in [0.2, 0.25) is 0 Å². The van der Waals surface area contributed by atoms with Crippen LogP contribution in [-0.2, 0) is 76.2 Å². The molecule has 17 N–H and O–H groups in total. The molecule has 3 saturated carbocycles. The van der Waals surface area contributed by atoms with Gasteiger partial charge in [-0.2, -0.15) is 8.42 Å². The predicted molar refractivity (Wildman–Crippen MR) is 318 cm³/mol. The van der Waals surface area contributed by atoms with Gasteiger partial charge in [0.2, 0.25) is 0 Å². The van der Waals surface area contributed by atoms with Crippen LogP contribution in [0.4, 0.5) is 0 Å². The number of carbonyl (C=O) groups excluding carboxylic acids is 1. The third-order valence-electron chi connectivity index (χ3n) is 22.4. The van der Waals surface area contributed by atoms with Crippen LogP contribution >= 0.6 is 0 Å². The summed E-state index contributed by atoms with van der Waals surface area (Å²) in [5, 5.41) is 179. The van der Waals surface area contributed by atoms with Crippen molar-refractivity contribution >= 4 is 16.2 Å². The molecule has 0 radical (unpaired) electrons. The van der Waals surface area contributed by atoms with Crippen LogP contribution in [-0.4, -0.2) is 316 Å². The number of ketones is 1. The second-order valence-electron chi connectivity index (χ2n) is 29.5. The molecule has 6 aliphatic heterocycles. The normalized spacial score (nSPS) is 51.6. The number of aliphatic hydroxyl groups excluding tert-OH is 15. The first kappa shape index (κ1) is 76.8. The van der Waals surface area contributed by atoms with E-state index in [0.717, 1.165) is 5.57 Å². The molecule has 554 valence electrons. The summed E-state index contributed by atoms with van der Waals surface area (Å²) in [4.78, 5) is 13.3. The Kier molecular flexibility index (Phi) is 24.1. The molecule has 0 unspecified atom stereocenters. The zero-order valence-electron chi connectivity index (χ0n) is 54.9. The largest absolute Gasteiger partial charge is 0.397 e. The van der Waals surface area contributed by atoms with Crippen molar-refractivity contribution in [3.05, 3.63) is 11.6 Å². The molecule has 34 heteroatoms. The maximum Gasteiger partial charge on any atom is 0.397 e. The first-order valence-electron chi connectivity index (χ1n) is 33.4. The fourth-order valence-electron chi connectivity index (χ4n) is 17.2. The van der Waals surface area contributed by atoms with Crippen LogP contribution < -0.4 is 0 Å². The molecule has 0 spiro atoms. The van der Waals surface area contributed by atoms with Crippen LogP contribution in [0.15, 0.2) is 11.6 Å². The first-order chi connectivity index (χ1) is 44.9. The topological polar surface area (TPSA) is 515 Å². The Morgan fingerprint density at radius 2 is 1.06 bits per heavy atom. The van der Waals surface area contributed by atoms with Crippen LogP contribution in [0.1, 0.15) is 113 Å². The second-order valence-corrected chi connectivity index (χ2v) is 30.5. The van der Waals surface area contributed by atoms with Crippen molar-refractivity contribution in [3.8, 4) is 0 Å². The van der Waals surface area contributed by atoms with Gasteiger partial charge in [0, 0.05) is 12.8 Å². The van der Waals surface area contributed by atoms with Gasteiger partial charge < -0.3 is 139 Å². The SMILES string of the molecule is CC(C)CC(=O)C[C@](C)(O)[C@H]1CC[C@H]2[C@@H]3C[C@H](O[C@H]4O[C@H](C)[C@@H](O)[C@H](O[C@@H]5OC[C@@H](O[C@@H]6O[C@H](CO)[C@H](O)[C@H](O)[C@H]6O[C@@H]6O[C@H](C)[C@H](O)[C@H](O[C@@H]7O[C@H](CO)[C@H](O)[C@H](O)[C@H]7O)[C@H]6O)[C@H](O)[C@H]5O[C@H]5O[C@H](C)[C@@H](O)[C@H](O)[C@H]5O)[C@H]4O)[C@H]4C[C@@H](OS(=O)(=O)O)CC[C@]4(C)C3=CC[C@@]21C. The third-order valence-corrected chi connectivity index (χ3v) is 22.9. The zero-order valence-corrected chi connectivity index (χ0v) is 55.7. The van der Waals surface area contributed by atoms with Crippen molar-refractivity contribution < 1.29 is 160 Å². The van der Waals surface area contributed by atoms with Gasteiger partial charge in [0.1, 0.15) is 128 Å². The van der Waals surface area contributed by atoms with E-state index in [2.05, 4.69) is 19.9 Å². The monoisotopic (exact) mass is 1410 g/mol. The van der Waals surface area contributed by atoms with E-state index < -0.39 is 243 Å². The highest BCUT2D eigenvalue weighted by Gasteiger charge is 2.64. The molecule has 96 heavy (non-hydrogen) atoms. The standard InChI is InChI=1S/C62H102O33S/c1-22(2)15-26(65)18-62(8,79)36-10-9-29-28-17-32(31-16-27(95-96(80,81)82)11-13-60(31,6)30(28)12-14-61(29,36)7)87-56-48(77)51(39(68)24(4)85-56)92-58-52(93-54-46(75)43(72)37(66)23(3)84-54)42(71)35(21-83-58)90-59-53(45(74)41(70)34(20-64)89-59)94-57-49(78)50(38(67)25(5)86-57)91-55-47(76)44(73)40(69)33(19-63)88-55/h12,22-25,27-29,31-59,63-64,66-79H,9-11,13-21H2,1-8H3,(H,80,81,82)/t23-,24-,25-,27+,28+,29+,31-,32+,33-,34-,35-,36+,37-,38+,39-,40+,41+,42+,43+,44+,45+,46-,47-,48-,49-,50+,51+,52-,53-,54-,55+,56-,57+,58+,59+,60-,61+,62+/m1/s1. The summed E-state index contributed by atoms with van der Waals surface area (Å²) in [6.07, 6.45) is -48.6.